The first-order valence-electron chi connectivity index (χ1n) is 2.20. The molecule has 0 atom stereocenters. The predicted molar refractivity (Wildman–Crippen MR) is 23.9 cm³/mol. The number of carbonyl (C=O) groups excluding carboxylic acids is 2. The number of oxime groups is 1. The summed E-state index contributed by atoms with van der Waals surface area (Å²) in [6.45, 7) is 0. The summed E-state index contributed by atoms with van der Waals surface area (Å²) in [5.74, 6) is -3.47. The van der Waals surface area contributed by atoms with Gasteiger partial charge in [0.1, 0.15) is 5.71 Å². The molecule has 0 aromatic carbocycles. The molecule has 8 heteroatoms. The minimum atomic E-state index is -1.83. The van der Waals surface area contributed by atoms with Gasteiger partial charge in [-0.3, -0.25) is 0 Å². The summed E-state index contributed by atoms with van der Waals surface area (Å²) >= 11 is 0. The normalized spacial score (nSPS) is 9.17. The standard InChI is InChI=1S/C4H5NO5.2Na/c6-3(7)1-2(5-10)4(8)9;;/h10H,1H2,(H,6,7)(H,8,9);;/q;2*+1/p-2. The molecule has 0 aliphatic heterocycles. The molecule has 56 valence electrons. The Balaban J connectivity index is -0.000000405. The number of nitrogens with zero attached hydrogens (tertiary/aromatic N) is 1. The van der Waals surface area contributed by atoms with E-state index in [1.54, 1.807) is 0 Å². The molecule has 0 saturated heterocycles. The van der Waals surface area contributed by atoms with Gasteiger partial charge in [-0.25, -0.2) is 0 Å². The summed E-state index contributed by atoms with van der Waals surface area (Å²) in [6.07, 6.45) is -0.959. The number of carbonyl (C=O) groups is 2. The second-order valence-corrected chi connectivity index (χ2v) is 1.38. The van der Waals surface area contributed by atoms with Gasteiger partial charge in [-0.1, -0.05) is 5.16 Å². The van der Waals surface area contributed by atoms with E-state index in [9.17, 15) is 19.8 Å². The van der Waals surface area contributed by atoms with E-state index < -0.39 is 24.1 Å². The zero-order valence-corrected chi connectivity index (χ0v) is 10.7. The maximum absolute atomic E-state index is 9.77. The molecule has 0 aromatic heterocycles. The average molecular weight is 191 g/mol. The van der Waals surface area contributed by atoms with E-state index in [-0.39, 0.29) is 59.1 Å². The van der Waals surface area contributed by atoms with Crippen LogP contribution in [0.1, 0.15) is 6.42 Å². The van der Waals surface area contributed by atoms with Crippen LogP contribution in [0.4, 0.5) is 0 Å². The van der Waals surface area contributed by atoms with Crippen LogP contribution in [-0.4, -0.2) is 22.9 Å². The van der Waals surface area contributed by atoms with Crippen LogP contribution in [0.5, 0.6) is 0 Å². The van der Waals surface area contributed by atoms with E-state index in [1.807, 2.05) is 0 Å². The van der Waals surface area contributed by atoms with E-state index in [1.165, 1.54) is 0 Å². The molecule has 0 fully saturated rings. The van der Waals surface area contributed by atoms with E-state index in [0.717, 1.165) is 0 Å². The van der Waals surface area contributed by atoms with E-state index in [2.05, 4.69) is 5.16 Å². The third-order valence-electron chi connectivity index (χ3n) is 0.668. The summed E-state index contributed by atoms with van der Waals surface area (Å²) in [4.78, 5) is 19.5. The molecule has 0 rings (SSSR count). The molecule has 0 amide bonds. The Labute approximate surface area is 112 Å². The van der Waals surface area contributed by atoms with Crippen molar-refractivity contribution in [2.24, 2.45) is 5.16 Å². The molecule has 0 bridgehead atoms. The fraction of sp³-hybridized carbons (Fsp3) is 0.250. The monoisotopic (exact) mass is 191 g/mol. The smallest absolute Gasteiger partial charge is 0.550 e. The first-order chi connectivity index (χ1) is 4.57. The van der Waals surface area contributed by atoms with Crippen molar-refractivity contribution in [2.45, 2.75) is 6.42 Å². The predicted octanol–water partition coefficient (Wildman–Crippen LogP) is -9.29. The van der Waals surface area contributed by atoms with Crippen molar-refractivity contribution in [3.05, 3.63) is 0 Å². The Kier molecular flexibility index (Phi) is 14.4. The molecule has 6 nitrogen and oxygen atoms in total. The van der Waals surface area contributed by atoms with Gasteiger partial charge >= 0.3 is 59.1 Å². The molecule has 0 spiro atoms. The number of aliphatic carboxylic acids is 2. The van der Waals surface area contributed by atoms with Crippen LogP contribution in [0, 0.1) is 0 Å². The van der Waals surface area contributed by atoms with Gasteiger partial charge in [0.25, 0.3) is 0 Å². The van der Waals surface area contributed by atoms with Crippen molar-refractivity contribution in [3.63, 3.8) is 0 Å². The quantitative estimate of drug-likeness (QED) is 0.206. The van der Waals surface area contributed by atoms with Crippen LogP contribution in [0.3, 0.4) is 0 Å². The fourth-order valence-electron chi connectivity index (χ4n) is 0.285. The number of rotatable bonds is 3. The first kappa shape index (κ1) is 18.2. The zero-order valence-electron chi connectivity index (χ0n) is 6.73. The van der Waals surface area contributed by atoms with Crippen molar-refractivity contribution < 1.29 is 84.1 Å². The first-order valence-corrected chi connectivity index (χ1v) is 2.20. The van der Waals surface area contributed by atoms with Crippen molar-refractivity contribution >= 4 is 17.7 Å². The van der Waals surface area contributed by atoms with Gasteiger partial charge in [-0.2, -0.15) is 0 Å². The third-order valence-corrected chi connectivity index (χ3v) is 0.668. The van der Waals surface area contributed by atoms with E-state index in [0.29, 0.717) is 0 Å². The molecular formula is C4H3NNa2O5. The summed E-state index contributed by atoms with van der Waals surface area (Å²) in [6, 6.07) is 0. The minimum absolute atomic E-state index is 0. The Bertz CT molecular complexity index is 192. The molecular weight excluding hydrogens is 188 g/mol. The maximum Gasteiger partial charge on any atom is 1.00 e. The molecule has 0 unspecified atom stereocenters. The second kappa shape index (κ2) is 9.50. The summed E-state index contributed by atoms with van der Waals surface area (Å²) in [5, 5.41) is 29.4. The van der Waals surface area contributed by atoms with Crippen LogP contribution in [-0.2, 0) is 9.59 Å². The van der Waals surface area contributed by atoms with Crippen molar-refractivity contribution in [1.29, 1.82) is 0 Å². The van der Waals surface area contributed by atoms with Crippen LogP contribution >= 0.6 is 0 Å². The third kappa shape index (κ3) is 8.51. The topological polar surface area (TPSA) is 113 Å². The Hall–Kier alpha value is 0.410. The number of carboxylic acids is 2. The van der Waals surface area contributed by atoms with Crippen LogP contribution in [0.2, 0.25) is 0 Å². The van der Waals surface area contributed by atoms with E-state index >= 15 is 0 Å². The molecule has 0 heterocycles. The Morgan fingerprint density at radius 3 is 1.75 bits per heavy atom. The number of hydrogen-bond donors (Lipinski definition) is 1. The number of hydrogen-bond acceptors (Lipinski definition) is 6. The van der Waals surface area contributed by atoms with Crippen LogP contribution in [0.25, 0.3) is 0 Å². The number of carboxylic acid groups (broad SMARTS) is 2. The molecule has 0 saturated carbocycles. The molecule has 12 heavy (non-hydrogen) atoms. The molecule has 0 aromatic rings. The van der Waals surface area contributed by atoms with Crippen LogP contribution < -0.4 is 69.3 Å². The molecule has 0 aliphatic carbocycles. The van der Waals surface area contributed by atoms with Crippen LogP contribution in [0.15, 0.2) is 5.16 Å². The zero-order chi connectivity index (χ0) is 8.15. The minimum Gasteiger partial charge on any atom is -0.550 e. The van der Waals surface area contributed by atoms with Gasteiger partial charge in [0.2, 0.25) is 0 Å². The maximum atomic E-state index is 9.77. The van der Waals surface area contributed by atoms with Crippen molar-refractivity contribution in [1.82, 2.24) is 0 Å². The largest absolute Gasteiger partial charge is 1.00 e. The summed E-state index contributed by atoms with van der Waals surface area (Å²) < 4.78 is 0. The van der Waals surface area contributed by atoms with Gasteiger partial charge in [-0.15, -0.1) is 0 Å². The van der Waals surface area contributed by atoms with Crippen molar-refractivity contribution in [2.75, 3.05) is 0 Å². The molecule has 0 aliphatic rings. The molecule has 1 N–H and O–H groups in total. The van der Waals surface area contributed by atoms with Gasteiger partial charge in [0.15, 0.2) is 0 Å². The SMILES string of the molecule is O=C([O-])CC(=NO)C(=O)[O-].[Na+].[Na+]. The Morgan fingerprint density at radius 2 is 1.67 bits per heavy atom. The van der Waals surface area contributed by atoms with Gasteiger partial charge < -0.3 is 25.0 Å². The van der Waals surface area contributed by atoms with Crippen molar-refractivity contribution in [3.8, 4) is 0 Å². The molecule has 0 radical (unpaired) electrons. The summed E-state index contributed by atoms with van der Waals surface area (Å²) in [7, 11) is 0. The van der Waals surface area contributed by atoms with Gasteiger partial charge in [0.05, 0.1) is 5.97 Å². The summed E-state index contributed by atoms with van der Waals surface area (Å²) in [5.41, 5.74) is -0.958. The second-order valence-electron chi connectivity index (χ2n) is 1.38. The van der Waals surface area contributed by atoms with Gasteiger partial charge in [0, 0.05) is 12.4 Å². The Morgan fingerprint density at radius 1 is 1.25 bits per heavy atom. The average Bonchev–Trinajstić information content (AvgIpc) is 1.81. The van der Waals surface area contributed by atoms with Gasteiger partial charge in [-0.05, 0) is 0 Å². The fourth-order valence-corrected chi connectivity index (χ4v) is 0.285. The van der Waals surface area contributed by atoms with E-state index in [4.69, 9.17) is 5.21 Å².